The number of nitrogens with two attached hydrogens (primary N) is 2. The standard InChI is InChI=1S/C38H55ClN8O7P2.ClH/c1-55(2,51)25-42-32(48)23-53-30-15-11-27(12-16-30)8-5-19-47(21-7-10-29(22-47)44-38(50)34-36(40)46-37(41)35(39)45-34)20-6-9-28-13-17-31(18-14-28)54-24-33(49)43-26-56(3,4)52;/h11-18,29H,5-10,19-26H2,1-4H3,(H6-,40,41,42,43,44,46,48,49,50);1H/t29-;/m0./s1. The number of piperidine rings is 1. The second-order valence-electron chi connectivity index (χ2n) is 15.4. The van der Waals surface area contributed by atoms with Crippen LogP contribution in [-0.4, -0.2) is 117 Å². The summed E-state index contributed by atoms with van der Waals surface area (Å²) in [5, 5.41) is 8.33. The second kappa shape index (κ2) is 21.8. The van der Waals surface area contributed by atoms with Gasteiger partial charge in [-0.05, 0) is 87.7 Å². The van der Waals surface area contributed by atoms with Crippen LogP contribution in [0.2, 0.25) is 5.15 Å². The highest BCUT2D eigenvalue weighted by atomic mass is 35.5. The molecule has 1 atom stereocenters. The average Bonchev–Trinajstić information content (AvgIpc) is 3.13. The number of likely N-dealkylation sites (tertiary alicyclic amines) is 1. The third-order valence-corrected chi connectivity index (χ3v) is 11.5. The van der Waals surface area contributed by atoms with Crippen LogP contribution >= 0.6 is 25.9 Å². The molecule has 19 heteroatoms. The van der Waals surface area contributed by atoms with Gasteiger partial charge in [-0.15, -0.1) is 0 Å². The number of benzene rings is 2. The summed E-state index contributed by atoms with van der Waals surface area (Å²) in [6.07, 6.45) is 5.52. The van der Waals surface area contributed by atoms with Crippen molar-refractivity contribution in [2.75, 3.05) is 90.1 Å². The number of ether oxygens (including phenoxy) is 2. The predicted molar refractivity (Wildman–Crippen MR) is 222 cm³/mol. The van der Waals surface area contributed by atoms with Crippen molar-refractivity contribution in [2.24, 2.45) is 0 Å². The average molecular weight is 870 g/mol. The summed E-state index contributed by atoms with van der Waals surface area (Å²) in [5.74, 6) is -0.0185. The number of hydrogen-bond acceptors (Lipinski definition) is 11. The summed E-state index contributed by atoms with van der Waals surface area (Å²) in [5.41, 5.74) is 13.9. The van der Waals surface area contributed by atoms with Gasteiger partial charge in [-0.3, -0.25) is 14.4 Å². The molecule has 0 spiro atoms. The van der Waals surface area contributed by atoms with Crippen LogP contribution in [0.15, 0.2) is 48.5 Å². The van der Waals surface area contributed by atoms with Crippen LogP contribution in [0.25, 0.3) is 0 Å². The van der Waals surface area contributed by atoms with Gasteiger partial charge in [0.05, 0.1) is 59.1 Å². The Hall–Kier alpha value is -3.87. The Bertz CT molecular complexity index is 1820. The fourth-order valence-corrected chi connectivity index (χ4v) is 7.76. The van der Waals surface area contributed by atoms with Crippen molar-refractivity contribution in [3.63, 3.8) is 0 Å². The molecule has 0 saturated carbocycles. The molecule has 2 aromatic carbocycles. The first-order valence-corrected chi connectivity index (χ1v) is 24.6. The highest BCUT2D eigenvalue weighted by Gasteiger charge is 2.35. The monoisotopic (exact) mass is 868 g/mol. The number of halogens is 2. The number of quaternary nitrogens is 1. The van der Waals surface area contributed by atoms with E-state index in [0.717, 1.165) is 80.3 Å². The Balaban J connectivity index is 0.00000870. The SMILES string of the molecule is CP(C)(=O)CNC(=O)COc1ccc(CCC[N+]2(CCCc3ccc(OCC(=O)NCP(C)(C)=O)cc3)CCC[C@H](NC(=O)c3nc(Cl)c(N)nc3N)C2)cc1.[Cl-]. The molecule has 1 fully saturated rings. The normalized spacial score (nSPS) is 15.1. The smallest absolute Gasteiger partial charge is 0.274 e. The third-order valence-electron chi connectivity index (χ3n) is 9.34. The maximum Gasteiger partial charge on any atom is 0.274 e. The molecule has 2 heterocycles. The summed E-state index contributed by atoms with van der Waals surface area (Å²) >= 11 is 6.06. The van der Waals surface area contributed by atoms with E-state index in [4.69, 9.17) is 32.5 Å². The first-order chi connectivity index (χ1) is 26.4. The first-order valence-electron chi connectivity index (χ1n) is 18.7. The van der Waals surface area contributed by atoms with Crippen LogP contribution in [0.3, 0.4) is 0 Å². The molecule has 3 aromatic rings. The van der Waals surface area contributed by atoms with Gasteiger partial charge in [0, 0.05) is 12.8 Å². The molecule has 1 aromatic heterocycles. The molecular formula is C38H56Cl2N8O7P2. The van der Waals surface area contributed by atoms with Crippen LogP contribution in [0.5, 0.6) is 11.5 Å². The Morgan fingerprint density at radius 3 is 1.72 bits per heavy atom. The molecule has 1 aliphatic rings. The quantitative estimate of drug-likeness (QED) is 0.0809. The number of nitrogens with zero attached hydrogens (tertiary/aromatic N) is 3. The lowest BCUT2D eigenvalue weighted by molar-refractivity contribution is -0.933. The van der Waals surface area contributed by atoms with Gasteiger partial charge in [-0.2, -0.15) is 0 Å². The van der Waals surface area contributed by atoms with Crippen LogP contribution in [0, 0.1) is 0 Å². The lowest BCUT2D eigenvalue weighted by atomic mass is 9.99. The molecule has 57 heavy (non-hydrogen) atoms. The van der Waals surface area contributed by atoms with Gasteiger partial charge in [-0.25, -0.2) is 9.97 Å². The minimum atomic E-state index is -2.35. The van der Waals surface area contributed by atoms with Crippen LogP contribution in [-0.2, 0) is 31.6 Å². The number of hydrogen-bond donors (Lipinski definition) is 5. The number of nitrogens with one attached hydrogen (secondary N) is 3. The Kier molecular flexibility index (Phi) is 18.1. The van der Waals surface area contributed by atoms with Crippen molar-refractivity contribution in [1.82, 2.24) is 25.9 Å². The molecule has 15 nitrogen and oxygen atoms in total. The lowest BCUT2D eigenvalue weighted by Crippen LogP contribution is -3.00. The minimum absolute atomic E-state index is 0. The number of carbonyl (C=O) groups excluding carboxylic acids is 3. The van der Waals surface area contributed by atoms with E-state index in [1.165, 1.54) is 0 Å². The number of amides is 3. The number of anilines is 2. The predicted octanol–water partition coefficient (Wildman–Crippen LogP) is 1.42. The zero-order valence-corrected chi connectivity index (χ0v) is 36.4. The summed E-state index contributed by atoms with van der Waals surface area (Å²) in [7, 11) is -4.71. The van der Waals surface area contributed by atoms with Gasteiger partial charge in [0.2, 0.25) is 0 Å². The molecular weight excluding hydrogens is 813 g/mol. The highest BCUT2D eigenvalue weighted by molar-refractivity contribution is 7.62. The number of carbonyl (C=O) groups is 3. The Labute approximate surface area is 346 Å². The number of aromatic nitrogens is 2. The van der Waals surface area contributed by atoms with E-state index in [9.17, 15) is 23.5 Å². The van der Waals surface area contributed by atoms with Gasteiger partial charge in [-0.1, -0.05) is 35.9 Å². The number of rotatable bonds is 20. The highest BCUT2D eigenvalue weighted by Crippen LogP contribution is 2.34. The van der Waals surface area contributed by atoms with Gasteiger partial charge in [0.15, 0.2) is 35.7 Å². The maximum atomic E-state index is 13.3. The van der Waals surface area contributed by atoms with E-state index in [1.807, 2.05) is 48.5 Å². The van der Waals surface area contributed by atoms with E-state index < -0.39 is 20.2 Å². The number of aryl methyl sites for hydroxylation is 2. The number of nitrogen functional groups attached to an aromatic ring is 2. The molecule has 1 aliphatic heterocycles. The Morgan fingerprint density at radius 2 is 1.26 bits per heavy atom. The van der Waals surface area contributed by atoms with Gasteiger partial charge < -0.3 is 62.9 Å². The van der Waals surface area contributed by atoms with Crippen molar-refractivity contribution in [1.29, 1.82) is 0 Å². The molecule has 0 radical (unpaired) electrons. The van der Waals surface area contributed by atoms with Crippen molar-refractivity contribution in [3.8, 4) is 11.5 Å². The first kappa shape index (κ1) is 47.5. The fraction of sp³-hybridized carbons (Fsp3) is 0.500. The van der Waals surface area contributed by atoms with Gasteiger partial charge in [0.25, 0.3) is 17.7 Å². The summed E-state index contributed by atoms with van der Waals surface area (Å²) < 4.78 is 35.8. The summed E-state index contributed by atoms with van der Waals surface area (Å²) in [6.45, 7) is 9.70. The molecule has 7 N–H and O–H groups in total. The fourth-order valence-electron chi connectivity index (χ4n) is 6.52. The van der Waals surface area contributed by atoms with E-state index in [0.29, 0.717) is 11.5 Å². The molecule has 0 aliphatic carbocycles. The third kappa shape index (κ3) is 16.9. The maximum absolute atomic E-state index is 13.3. The van der Waals surface area contributed by atoms with Crippen LogP contribution in [0.1, 0.15) is 47.3 Å². The molecule has 1 saturated heterocycles. The Morgan fingerprint density at radius 1 is 0.789 bits per heavy atom. The van der Waals surface area contributed by atoms with Crippen molar-refractivity contribution < 1.29 is 49.9 Å². The lowest BCUT2D eigenvalue weighted by Gasteiger charge is -2.45. The zero-order chi connectivity index (χ0) is 40.9. The topological polar surface area (TPSA) is 218 Å². The van der Waals surface area contributed by atoms with E-state index in [2.05, 4.69) is 25.9 Å². The molecule has 314 valence electrons. The van der Waals surface area contributed by atoms with E-state index in [1.54, 1.807) is 26.7 Å². The van der Waals surface area contributed by atoms with Crippen molar-refractivity contribution in [3.05, 3.63) is 70.5 Å². The van der Waals surface area contributed by atoms with E-state index >= 15 is 0 Å². The largest absolute Gasteiger partial charge is 1.00 e. The van der Waals surface area contributed by atoms with Crippen LogP contribution in [0.4, 0.5) is 11.6 Å². The molecule has 0 unspecified atom stereocenters. The van der Waals surface area contributed by atoms with Crippen molar-refractivity contribution in [2.45, 2.75) is 44.6 Å². The molecule has 3 amide bonds. The van der Waals surface area contributed by atoms with Gasteiger partial charge in [0.1, 0.15) is 11.5 Å². The second-order valence-corrected chi connectivity index (χ2v) is 22.7. The van der Waals surface area contributed by atoms with Crippen molar-refractivity contribution >= 4 is 55.2 Å². The summed E-state index contributed by atoms with van der Waals surface area (Å²) in [4.78, 5) is 45.5. The van der Waals surface area contributed by atoms with E-state index in [-0.39, 0.29) is 78.5 Å². The van der Waals surface area contributed by atoms with Gasteiger partial charge >= 0.3 is 0 Å². The summed E-state index contributed by atoms with van der Waals surface area (Å²) in [6, 6.07) is 15.3. The minimum Gasteiger partial charge on any atom is -1.00 e. The molecule has 4 rings (SSSR count). The molecule has 0 bridgehead atoms. The zero-order valence-electron chi connectivity index (χ0n) is 33.1. The van der Waals surface area contributed by atoms with Crippen LogP contribution < -0.4 is 49.3 Å².